The van der Waals surface area contributed by atoms with Crippen LogP contribution in [0.25, 0.3) is 0 Å². The van der Waals surface area contributed by atoms with Gasteiger partial charge in [0.25, 0.3) is 0 Å². The Balaban J connectivity index is 1.61. The zero-order chi connectivity index (χ0) is 22.4. The highest BCUT2D eigenvalue weighted by molar-refractivity contribution is 6.42. The van der Waals surface area contributed by atoms with E-state index >= 15 is 0 Å². The van der Waals surface area contributed by atoms with Gasteiger partial charge in [0.15, 0.2) is 5.78 Å². The molecule has 31 heavy (non-hydrogen) atoms. The van der Waals surface area contributed by atoms with E-state index in [0.29, 0.717) is 22.5 Å². The molecule has 2 aromatic carbocycles. The Bertz CT molecular complexity index is 895. The quantitative estimate of drug-likeness (QED) is 0.471. The fourth-order valence-electron chi connectivity index (χ4n) is 4.25. The normalized spacial score (nSPS) is 16.3. The van der Waals surface area contributed by atoms with Crippen molar-refractivity contribution < 1.29 is 9.53 Å². The second kappa shape index (κ2) is 11.3. The Morgan fingerprint density at radius 1 is 1.16 bits per heavy atom. The van der Waals surface area contributed by atoms with Gasteiger partial charge < -0.3 is 10.5 Å². The summed E-state index contributed by atoms with van der Waals surface area (Å²) in [4.78, 5) is 14.1. The molecule has 0 aromatic heterocycles. The van der Waals surface area contributed by atoms with Gasteiger partial charge in [-0.2, -0.15) is 0 Å². The first-order valence-electron chi connectivity index (χ1n) is 11.0. The van der Waals surface area contributed by atoms with Gasteiger partial charge >= 0.3 is 0 Å². The van der Waals surface area contributed by atoms with E-state index in [1.165, 1.54) is 5.56 Å². The lowest BCUT2D eigenvalue weighted by molar-refractivity contribution is 0.0674. The maximum atomic E-state index is 11.6. The number of hydrogen-bond donors (Lipinski definition) is 1. The zero-order valence-corrected chi connectivity index (χ0v) is 19.9. The minimum absolute atomic E-state index is 0.0729. The van der Waals surface area contributed by atoms with Gasteiger partial charge in [0.1, 0.15) is 11.9 Å². The SMILES string of the molecule is CC(=O)c1ccc(OC(CCCN)C2CCN(Cc3ccc(Cl)c(Cl)c3)CC2)c(C)c1. The van der Waals surface area contributed by atoms with Crippen molar-refractivity contribution in [2.24, 2.45) is 11.7 Å². The molecule has 1 atom stereocenters. The maximum Gasteiger partial charge on any atom is 0.159 e. The van der Waals surface area contributed by atoms with Crippen molar-refractivity contribution in [3.63, 3.8) is 0 Å². The van der Waals surface area contributed by atoms with E-state index in [1.807, 2.05) is 43.3 Å². The molecule has 3 rings (SSSR count). The summed E-state index contributed by atoms with van der Waals surface area (Å²) in [5.74, 6) is 1.43. The van der Waals surface area contributed by atoms with Crippen LogP contribution < -0.4 is 10.5 Å². The van der Waals surface area contributed by atoms with E-state index in [9.17, 15) is 4.79 Å². The number of halogens is 2. The molecule has 1 unspecified atom stereocenters. The average molecular weight is 463 g/mol. The number of nitrogens with two attached hydrogens (primary N) is 1. The van der Waals surface area contributed by atoms with E-state index in [1.54, 1.807) is 6.92 Å². The first-order chi connectivity index (χ1) is 14.9. The predicted octanol–water partition coefficient (Wildman–Crippen LogP) is 5.90. The van der Waals surface area contributed by atoms with Gasteiger partial charge in [-0.1, -0.05) is 29.3 Å². The molecule has 0 saturated carbocycles. The molecule has 1 heterocycles. The Labute approximate surface area is 195 Å². The van der Waals surface area contributed by atoms with Crippen LogP contribution in [0.4, 0.5) is 0 Å². The molecule has 0 spiro atoms. The smallest absolute Gasteiger partial charge is 0.159 e. The van der Waals surface area contributed by atoms with Crippen molar-refractivity contribution in [1.29, 1.82) is 0 Å². The molecule has 0 radical (unpaired) electrons. The number of ether oxygens (including phenoxy) is 1. The van der Waals surface area contributed by atoms with Gasteiger partial charge in [-0.25, -0.2) is 0 Å². The minimum atomic E-state index is 0.0729. The molecule has 0 bridgehead atoms. The van der Waals surface area contributed by atoms with Crippen LogP contribution in [0.2, 0.25) is 10.0 Å². The van der Waals surface area contributed by atoms with Crippen LogP contribution in [-0.4, -0.2) is 36.4 Å². The molecule has 6 heteroatoms. The summed E-state index contributed by atoms with van der Waals surface area (Å²) in [6.07, 6.45) is 4.20. The molecule has 1 aliphatic heterocycles. The zero-order valence-electron chi connectivity index (χ0n) is 18.4. The number of nitrogens with zero attached hydrogens (tertiary/aromatic N) is 1. The topological polar surface area (TPSA) is 55.6 Å². The van der Waals surface area contributed by atoms with Crippen LogP contribution >= 0.6 is 23.2 Å². The van der Waals surface area contributed by atoms with Crippen molar-refractivity contribution in [3.8, 4) is 5.75 Å². The van der Waals surface area contributed by atoms with E-state index < -0.39 is 0 Å². The third-order valence-electron chi connectivity index (χ3n) is 6.10. The molecule has 168 valence electrons. The molecule has 2 aromatic rings. The highest BCUT2D eigenvalue weighted by atomic mass is 35.5. The second-order valence-electron chi connectivity index (χ2n) is 8.49. The molecule has 1 aliphatic rings. The number of hydrogen-bond acceptors (Lipinski definition) is 4. The summed E-state index contributed by atoms with van der Waals surface area (Å²) in [5, 5.41) is 1.20. The number of rotatable bonds is 9. The summed E-state index contributed by atoms with van der Waals surface area (Å²) in [7, 11) is 0. The summed E-state index contributed by atoms with van der Waals surface area (Å²) < 4.78 is 6.49. The van der Waals surface area contributed by atoms with Gasteiger partial charge in [-0.05, 0) is 107 Å². The van der Waals surface area contributed by atoms with Crippen LogP contribution in [0.1, 0.15) is 54.1 Å². The lowest BCUT2D eigenvalue weighted by atomic mass is 9.88. The number of carbonyl (C=O) groups is 1. The fourth-order valence-corrected chi connectivity index (χ4v) is 4.57. The number of likely N-dealkylation sites (tertiary alicyclic amines) is 1. The summed E-state index contributed by atoms with van der Waals surface area (Å²) in [6, 6.07) is 11.6. The maximum absolute atomic E-state index is 11.6. The standard InChI is InChI=1S/C25H32Cl2N2O2/c1-17-14-21(18(2)30)6-8-24(17)31-25(4-3-11-28)20-9-12-29(13-10-20)16-19-5-7-22(26)23(27)15-19/h5-8,14-15,20,25H,3-4,9-13,16,28H2,1-2H3. The van der Waals surface area contributed by atoms with Crippen molar-refractivity contribution in [1.82, 2.24) is 4.90 Å². The Kier molecular flexibility index (Phi) is 8.79. The summed E-state index contributed by atoms with van der Waals surface area (Å²) in [5.41, 5.74) is 8.70. The number of ketones is 1. The largest absolute Gasteiger partial charge is 0.490 e. The Morgan fingerprint density at radius 3 is 2.52 bits per heavy atom. The lowest BCUT2D eigenvalue weighted by Crippen LogP contribution is -2.39. The minimum Gasteiger partial charge on any atom is -0.490 e. The molecule has 4 nitrogen and oxygen atoms in total. The monoisotopic (exact) mass is 462 g/mol. The molecular formula is C25H32Cl2N2O2. The number of Topliss-reactive ketones (excluding diaryl/α,β-unsaturated/α-hetero) is 1. The lowest BCUT2D eigenvalue weighted by Gasteiger charge is -2.36. The molecule has 2 N–H and O–H groups in total. The van der Waals surface area contributed by atoms with Crippen LogP contribution in [0.15, 0.2) is 36.4 Å². The fraction of sp³-hybridized carbons (Fsp3) is 0.480. The first kappa shape index (κ1) is 24.1. The molecule has 0 amide bonds. The van der Waals surface area contributed by atoms with Gasteiger partial charge in [0.2, 0.25) is 0 Å². The summed E-state index contributed by atoms with van der Waals surface area (Å²) in [6.45, 7) is 7.18. The second-order valence-corrected chi connectivity index (χ2v) is 9.30. The van der Waals surface area contributed by atoms with Gasteiger partial charge in [0, 0.05) is 12.1 Å². The van der Waals surface area contributed by atoms with Crippen molar-refractivity contribution in [3.05, 3.63) is 63.1 Å². The van der Waals surface area contributed by atoms with E-state index in [-0.39, 0.29) is 11.9 Å². The third kappa shape index (κ3) is 6.69. The molecule has 1 saturated heterocycles. The Morgan fingerprint density at radius 2 is 1.90 bits per heavy atom. The van der Waals surface area contributed by atoms with Crippen LogP contribution in [-0.2, 0) is 6.54 Å². The third-order valence-corrected chi connectivity index (χ3v) is 6.84. The van der Waals surface area contributed by atoms with Gasteiger partial charge in [-0.3, -0.25) is 9.69 Å². The van der Waals surface area contributed by atoms with Crippen LogP contribution in [0, 0.1) is 12.8 Å². The van der Waals surface area contributed by atoms with Crippen LogP contribution in [0.3, 0.4) is 0 Å². The van der Waals surface area contributed by atoms with Gasteiger partial charge in [0.05, 0.1) is 10.0 Å². The number of aryl methyl sites for hydroxylation is 1. The molecule has 1 fully saturated rings. The average Bonchev–Trinajstić information content (AvgIpc) is 2.75. The van der Waals surface area contributed by atoms with E-state index in [4.69, 9.17) is 33.7 Å². The molecule has 0 aliphatic carbocycles. The first-order valence-corrected chi connectivity index (χ1v) is 11.8. The Hall–Kier alpha value is -1.59. The van der Waals surface area contributed by atoms with Crippen molar-refractivity contribution in [2.75, 3.05) is 19.6 Å². The number of benzene rings is 2. The van der Waals surface area contributed by atoms with Crippen molar-refractivity contribution >= 4 is 29.0 Å². The van der Waals surface area contributed by atoms with Crippen molar-refractivity contribution in [2.45, 2.75) is 52.2 Å². The number of carbonyl (C=O) groups excluding carboxylic acids is 1. The van der Waals surface area contributed by atoms with Gasteiger partial charge in [-0.15, -0.1) is 0 Å². The summed E-state index contributed by atoms with van der Waals surface area (Å²) >= 11 is 12.2. The van der Waals surface area contributed by atoms with E-state index in [0.717, 1.165) is 62.2 Å². The highest BCUT2D eigenvalue weighted by Crippen LogP contribution is 2.30. The number of piperidine rings is 1. The predicted molar refractivity (Wildman–Crippen MR) is 128 cm³/mol. The van der Waals surface area contributed by atoms with Crippen LogP contribution in [0.5, 0.6) is 5.75 Å². The molecular weight excluding hydrogens is 431 g/mol. The van der Waals surface area contributed by atoms with E-state index in [2.05, 4.69) is 4.90 Å². The highest BCUT2D eigenvalue weighted by Gasteiger charge is 2.28.